The second-order valence-corrected chi connectivity index (χ2v) is 7.57. The molecular weight excluding hydrogens is 414 g/mol. The number of hydrogen-bond acceptors (Lipinski definition) is 3. The van der Waals surface area contributed by atoms with Crippen LogP contribution in [0, 0.1) is 11.3 Å². The Morgan fingerprint density at radius 2 is 1.67 bits per heavy atom. The number of rotatable bonds is 7. The number of carboxylic acid groups (broad SMARTS) is 1. The number of benzene rings is 3. The highest BCUT2D eigenvalue weighted by molar-refractivity contribution is 6.11. The van der Waals surface area contributed by atoms with Crippen molar-refractivity contribution in [3.63, 3.8) is 0 Å². The van der Waals surface area contributed by atoms with Gasteiger partial charge in [-0.3, -0.25) is 9.59 Å². The maximum absolute atomic E-state index is 13.0. The summed E-state index contributed by atoms with van der Waals surface area (Å²) in [7, 11) is 0. The van der Waals surface area contributed by atoms with Crippen LogP contribution in [0.1, 0.15) is 16.7 Å². The summed E-state index contributed by atoms with van der Waals surface area (Å²) in [5.74, 6) is -1.49. The molecule has 0 saturated heterocycles. The molecule has 4 aromatic rings. The number of nitrogens with one attached hydrogen (secondary N) is 1. The molecule has 0 aliphatic rings. The van der Waals surface area contributed by atoms with E-state index in [-0.39, 0.29) is 12.1 Å². The van der Waals surface area contributed by atoms with Gasteiger partial charge in [0, 0.05) is 28.4 Å². The van der Waals surface area contributed by atoms with Gasteiger partial charge in [-0.2, -0.15) is 5.26 Å². The number of nitriles is 1. The summed E-state index contributed by atoms with van der Waals surface area (Å²) in [5, 5.41) is 22.5. The standard InChI is InChI=1S/C27H21N3O3/c28-16-21(15-22-17-30(18-26(31)32)25-13-7-5-11-23(22)25)27(33)29-24-12-6-4-10-20(24)14-19-8-2-1-3-9-19/h1-13,15,17H,14,18H2,(H,29,33)(H,31,32)/b21-15+. The number of nitrogens with zero attached hydrogens (tertiary/aromatic N) is 2. The van der Waals surface area contributed by atoms with Crippen molar-refractivity contribution in [1.29, 1.82) is 5.26 Å². The minimum Gasteiger partial charge on any atom is -0.480 e. The second-order valence-electron chi connectivity index (χ2n) is 7.57. The maximum atomic E-state index is 13.0. The lowest BCUT2D eigenvalue weighted by atomic mass is 10.0. The van der Waals surface area contributed by atoms with E-state index in [4.69, 9.17) is 0 Å². The molecule has 33 heavy (non-hydrogen) atoms. The zero-order chi connectivity index (χ0) is 23.2. The molecule has 162 valence electrons. The van der Waals surface area contributed by atoms with Crippen LogP contribution in [0.25, 0.3) is 17.0 Å². The van der Waals surface area contributed by atoms with Crippen LogP contribution < -0.4 is 5.32 Å². The Bertz CT molecular complexity index is 1400. The van der Waals surface area contributed by atoms with E-state index in [1.807, 2.05) is 84.9 Å². The molecule has 0 aliphatic carbocycles. The van der Waals surface area contributed by atoms with Gasteiger partial charge in [0.25, 0.3) is 5.91 Å². The Hall–Kier alpha value is -4.63. The van der Waals surface area contributed by atoms with Crippen molar-refractivity contribution >= 4 is 34.5 Å². The van der Waals surface area contributed by atoms with Crippen LogP contribution in [0.5, 0.6) is 0 Å². The average Bonchev–Trinajstić information content (AvgIpc) is 3.16. The Morgan fingerprint density at radius 3 is 2.42 bits per heavy atom. The van der Waals surface area contributed by atoms with E-state index in [2.05, 4.69) is 5.32 Å². The first kappa shape index (κ1) is 21.6. The molecule has 0 unspecified atom stereocenters. The first-order valence-electron chi connectivity index (χ1n) is 10.4. The molecule has 1 aromatic heterocycles. The maximum Gasteiger partial charge on any atom is 0.323 e. The number of fused-ring (bicyclic) bond motifs is 1. The summed E-state index contributed by atoms with van der Waals surface area (Å²) in [6.45, 7) is -0.213. The third-order valence-electron chi connectivity index (χ3n) is 5.29. The normalized spacial score (nSPS) is 11.2. The largest absolute Gasteiger partial charge is 0.480 e. The summed E-state index contributed by atoms with van der Waals surface area (Å²) in [6.07, 6.45) is 3.79. The van der Waals surface area contributed by atoms with Gasteiger partial charge in [-0.1, -0.05) is 66.7 Å². The molecule has 0 atom stereocenters. The lowest BCUT2D eigenvalue weighted by Gasteiger charge is -2.11. The predicted octanol–water partition coefficient (Wildman–Crippen LogP) is 4.86. The molecule has 1 heterocycles. The van der Waals surface area contributed by atoms with Crippen molar-refractivity contribution in [2.24, 2.45) is 0 Å². The number of para-hydroxylation sites is 2. The van der Waals surface area contributed by atoms with Crippen LogP contribution in [-0.2, 0) is 22.6 Å². The smallest absolute Gasteiger partial charge is 0.323 e. The van der Waals surface area contributed by atoms with E-state index in [1.54, 1.807) is 10.8 Å². The van der Waals surface area contributed by atoms with Crippen molar-refractivity contribution in [3.8, 4) is 6.07 Å². The summed E-state index contributed by atoms with van der Waals surface area (Å²) in [4.78, 5) is 24.2. The molecule has 1 amide bonds. The van der Waals surface area contributed by atoms with Gasteiger partial charge in [0.05, 0.1) is 0 Å². The molecule has 6 heteroatoms. The van der Waals surface area contributed by atoms with Gasteiger partial charge in [0.15, 0.2) is 0 Å². The fraction of sp³-hybridized carbons (Fsp3) is 0.0741. The van der Waals surface area contributed by atoms with Crippen LogP contribution in [0.15, 0.2) is 90.6 Å². The molecule has 6 nitrogen and oxygen atoms in total. The summed E-state index contributed by atoms with van der Waals surface area (Å²) >= 11 is 0. The zero-order valence-corrected chi connectivity index (χ0v) is 17.7. The summed E-state index contributed by atoms with van der Waals surface area (Å²) < 4.78 is 1.59. The van der Waals surface area contributed by atoms with Gasteiger partial charge in [0.1, 0.15) is 18.2 Å². The minimum absolute atomic E-state index is 0.0669. The van der Waals surface area contributed by atoms with Crippen molar-refractivity contribution in [1.82, 2.24) is 4.57 Å². The molecule has 2 N–H and O–H groups in total. The number of anilines is 1. The number of aliphatic carboxylic acids is 1. The number of hydrogen-bond donors (Lipinski definition) is 2. The minimum atomic E-state index is -0.973. The third kappa shape index (κ3) is 5.00. The molecule has 0 aliphatic heterocycles. The first-order valence-corrected chi connectivity index (χ1v) is 10.4. The van der Waals surface area contributed by atoms with E-state index in [9.17, 15) is 20.0 Å². The van der Waals surface area contributed by atoms with Gasteiger partial charge in [-0.05, 0) is 35.8 Å². The molecule has 0 spiro atoms. The molecule has 0 radical (unpaired) electrons. The topological polar surface area (TPSA) is 95.1 Å². The Labute approximate surface area is 191 Å². The predicted molar refractivity (Wildman–Crippen MR) is 127 cm³/mol. The first-order chi connectivity index (χ1) is 16.0. The SMILES string of the molecule is N#C/C(=C\c1cn(CC(=O)O)c2ccccc12)C(=O)Nc1ccccc1Cc1ccccc1. The fourth-order valence-electron chi connectivity index (χ4n) is 3.77. The zero-order valence-electron chi connectivity index (χ0n) is 17.7. The Morgan fingerprint density at radius 1 is 0.970 bits per heavy atom. The lowest BCUT2D eigenvalue weighted by Crippen LogP contribution is -2.15. The molecule has 3 aromatic carbocycles. The van der Waals surface area contributed by atoms with E-state index in [0.29, 0.717) is 17.7 Å². The van der Waals surface area contributed by atoms with E-state index in [1.165, 1.54) is 6.08 Å². The Kier molecular flexibility index (Phi) is 6.33. The average molecular weight is 435 g/mol. The van der Waals surface area contributed by atoms with Crippen molar-refractivity contribution < 1.29 is 14.7 Å². The summed E-state index contributed by atoms with van der Waals surface area (Å²) in [6, 6.07) is 26.7. The number of carboxylic acids is 1. The molecule has 0 bridgehead atoms. The number of carbonyl (C=O) groups excluding carboxylic acids is 1. The van der Waals surface area contributed by atoms with Gasteiger partial charge >= 0.3 is 5.97 Å². The lowest BCUT2D eigenvalue weighted by molar-refractivity contribution is -0.137. The van der Waals surface area contributed by atoms with Crippen LogP contribution in [0.4, 0.5) is 5.69 Å². The van der Waals surface area contributed by atoms with Gasteiger partial charge in [-0.15, -0.1) is 0 Å². The van der Waals surface area contributed by atoms with Crippen LogP contribution in [0.2, 0.25) is 0 Å². The Balaban J connectivity index is 1.63. The highest BCUT2D eigenvalue weighted by Gasteiger charge is 2.15. The molecule has 0 fully saturated rings. The molecule has 4 rings (SSSR count). The van der Waals surface area contributed by atoms with Crippen molar-refractivity contribution in [3.05, 3.63) is 107 Å². The highest BCUT2D eigenvalue weighted by Crippen LogP contribution is 2.25. The fourth-order valence-corrected chi connectivity index (χ4v) is 3.77. The van der Waals surface area contributed by atoms with Crippen LogP contribution >= 0.6 is 0 Å². The monoisotopic (exact) mass is 435 g/mol. The summed E-state index contributed by atoms with van der Waals surface area (Å²) in [5.41, 5.74) is 3.95. The van der Waals surface area contributed by atoms with E-state index >= 15 is 0 Å². The van der Waals surface area contributed by atoms with Gasteiger partial charge in [-0.25, -0.2) is 0 Å². The van der Waals surface area contributed by atoms with Crippen LogP contribution in [-0.4, -0.2) is 21.6 Å². The van der Waals surface area contributed by atoms with Crippen LogP contribution in [0.3, 0.4) is 0 Å². The second kappa shape index (κ2) is 9.67. The third-order valence-corrected chi connectivity index (χ3v) is 5.29. The number of aromatic nitrogens is 1. The number of amides is 1. The van der Waals surface area contributed by atoms with E-state index in [0.717, 1.165) is 22.0 Å². The number of carbonyl (C=O) groups is 2. The molecule has 0 saturated carbocycles. The highest BCUT2D eigenvalue weighted by atomic mass is 16.4. The molecular formula is C27H21N3O3. The van der Waals surface area contributed by atoms with E-state index < -0.39 is 11.9 Å². The quantitative estimate of drug-likeness (QED) is 0.320. The van der Waals surface area contributed by atoms with Gasteiger partial charge < -0.3 is 15.0 Å². The van der Waals surface area contributed by atoms with Crippen molar-refractivity contribution in [2.75, 3.05) is 5.32 Å². The van der Waals surface area contributed by atoms with Crippen molar-refractivity contribution in [2.45, 2.75) is 13.0 Å². The van der Waals surface area contributed by atoms with Gasteiger partial charge in [0.2, 0.25) is 0 Å².